The summed E-state index contributed by atoms with van der Waals surface area (Å²) in [5.74, 6) is 0.251. The average Bonchev–Trinajstić information content (AvgIpc) is 3.37. The van der Waals surface area contributed by atoms with Gasteiger partial charge < -0.3 is 9.32 Å². The van der Waals surface area contributed by atoms with Gasteiger partial charge in [0.05, 0.1) is 34.7 Å². The fraction of sp³-hybridized carbons (Fsp3) is 0.333. The summed E-state index contributed by atoms with van der Waals surface area (Å²) in [5, 5.41) is 3.91. The Hall–Kier alpha value is -2.87. The lowest BCUT2D eigenvalue weighted by Crippen LogP contribution is -2.42. The van der Waals surface area contributed by atoms with Crippen LogP contribution in [0.15, 0.2) is 59.3 Å². The van der Waals surface area contributed by atoms with E-state index in [0.29, 0.717) is 37.3 Å². The number of rotatable bonds is 5. The van der Waals surface area contributed by atoms with Crippen molar-refractivity contribution in [2.45, 2.75) is 30.8 Å². The Morgan fingerprint density at radius 1 is 1.14 bits per heavy atom. The molecule has 4 rings (SSSR count). The third kappa shape index (κ3) is 3.98. The SMILES string of the molecule is Cc1c(C(=O)N2CCC(S(=O)(=O)Cc3ccco3)CC2)cnn1-c1ccccc1. The van der Waals surface area contributed by atoms with E-state index in [1.165, 1.54) is 6.26 Å². The first kappa shape index (κ1) is 19.4. The molecular formula is C21H23N3O4S. The second-order valence-electron chi connectivity index (χ2n) is 7.27. The van der Waals surface area contributed by atoms with Crippen LogP contribution in [0.4, 0.5) is 0 Å². The molecule has 3 heterocycles. The van der Waals surface area contributed by atoms with Crippen LogP contribution in [0.2, 0.25) is 0 Å². The Labute approximate surface area is 169 Å². The summed E-state index contributed by atoms with van der Waals surface area (Å²) in [5.41, 5.74) is 2.21. The minimum Gasteiger partial charge on any atom is -0.468 e. The van der Waals surface area contributed by atoms with E-state index in [0.717, 1.165) is 11.4 Å². The van der Waals surface area contributed by atoms with Crippen LogP contribution >= 0.6 is 0 Å². The molecule has 0 spiro atoms. The number of carbonyl (C=O) groups is 1. The summed E-state index contributed by atoms with van der Waals surface area (Å²) in [7, 11) is -3.31. The zero-order valence-corrected chi connectivity index (χ0v) is 17.0. The summed E-state index contributed by atoms with van der Waals surface area (Å²) in [6.07, 6.45) is 3.93. The smallest absolute Gasteiger partial charge is 0.257 e. The Morgan fingerprint density at radius 2 is 1.86 bits per heavy atom. The average molecular weight is 413 g/mol. The van der Waals surface area contributed by atoms with Crippen molar-refractivity contribution in [2.24, 2.45) is 0 Å². The first-order valence-corrected chi connectivity index (χ1v) is 11.3. The lowest BCUT2D eigenvalue weighted by molar-refractivity contribution is 0.0725. The van der Waals surface area contributed by atoms with Gasteiger partial charge in [0, 0.05) is 13.1 Å². The van der Waals surface area contributed by atoms with Crippen molar-refractivity contribution in [3.8, 4) is 5.69 Å². The molecule has 1 amide bonds. The molecule has 0 atom stereocenters. The fourth-order valence-electron chi connectivity index (χ4n) is 3.75. The summed E-state index contributed by atoms with van der Waals surface area (Å²) in [4.78, 5) is 14.7. The molecule has 1 aliphatic rings. The molecule has 0 saturated carbocycles. The van der Waals surface area contributed by atoms with Crippen LogP contribution in [0.25, 0.3) is 5.69 Å². The summed E-state index contributed by atoms with van der Waals surface area (Å²) >= 11 is 0. The van der Waals surface area contributed by atoms with Gasteiger partial charge in [-0.1, -0.05) is 18.2 Å². The van der Waals surface area contributed by atoms with Gasteiger partial charge in [-0.25, -0.2) is 13.1 Å². The highest BCUT2D eigenvalue weighted by Gasteiger charge is 2.33. The molecule has 3 aromatic rings. The van der Waals surface area contributed by atoms with E-state index in [-0.39, 0.29) is 11.7 Å². The Bertz CT molecular complexity index is 1080. The summed E-state index contributed by atoms with van der Waals surface area (Å²) < 4.78 is 32.2. The zero-order chi connectivity index (χ0) is 20.4. The van der Waals surface area contributed by atoms with E-state index < -0.39 is 15.1 Å². The third-order valence-corrected chi connectivity index (χ3v) is 7.58. The van der Waals surface area contributed by atoms with E-state index in [4.69, 9.17) is 4.42 Å². The number of sulfone groups is 1. The van der Waals surface area contributed by atoms with Gasteiger partial charge in [0.15, 0.2) is 9.84 Å². The number of furan rings is 1. The molecule has 29 heavy (non-hydrogen) atoms. The van der Waals surface area contributed by atoms with Gasteiger partial charge in [0.25, 0.3) is 5.91 Å². The van der Waals surface area contributed by atoms with Crippen LogP contribution in [0.3, 0.4) is 0 Å². The maximum atomic E-state index is 13.0. The number of para-hydroxylation sites is 1. The Balaban J connectivity index is 1.43. The van der Waals surface area contributed by atoms with Crippen molar-refractivity contribution in [3.63, 3.8) is 0 Å². The highest BCUT2D eigenvalue weighted by molar-refractivity contribution is 7.91. The monoisotopic (exact) mass is 413 g/mol. The van der Waals surface area contributed by atoms with E-state index in [1.807, 2.05) is 37.3 Å². The number of aromatic nitrogens is 2. The molecule has 0 unspecified atom stereocenters. The van der Waals surface area contributed by atoms with Crippen LogP contribution in [0.5, 0.6) is 0 Å². The molecule has 8 heteroatoms. The van der Waals surface area contributed by atoms with E-state index in [1.54, 1.807) is 27.9 Å². The third-order valence-electron chi connectivity index (χ3n) is 5.40. The summed E-state index contributed by atoms with van der Waals surface area (Å²) in [6, 6.07) is 13.0. The molecule has 152 valence electrons. The molecule has 7 nitrogen and oxygen atoms in total. The van der Waals surface area contributed by atoms with E-state index >= 15 is 0 Å². The van der Waals surface area contributed by atoms with Gasteiger partial charge in [0.2, 0.25) is 0 Å². The maximum Gasteiger partial charge on any atom is 0.257 e. The largest absolute Gasteiger partial charge is 0.468 e. The minimum atomic E-state index is -3.31. The van der Waals surface area contributed by atoms with Crippen molar-refractivity contribution in [3.05, 3.63) is 71.9 Å². The van der Waals surface area contributed by atoms with Gasteiger partial charge in [0.1, 0.15) is 11.5 Å². The van der Waals surface area contributed by atoms with Gasteiger partial charge in [-0.15, -0.1) is 0 Å². The molecule has 1 aromatic carbocycles. The van der Waals surface area contributed by atoms with Crippen molar-refractivity contribution in [2.75, 3.05) is 13.1 Å². The second-order valence-corrected chi connectivity index (χ2v) is 9.55. The molecule has 0 radical (unpaired) electrons. The Morgan fingerprint density at radius 3 is 2.52 bits per heavy atom. The van der Waals surface area contributed by atoms with Crippen LogP contribution in [0, 0.1) is 6.92 Å². The standard InChI is InChI=1S/C21H23N3O4S/c1-16-20(14-22-24(16)17-6-3-2-4-7-17)21(25)23-11-9-19(10-12-23)29(26,27)15-18-8-5-13-28-18/h2-8,13-14,19H,9-12,15H2,1H3. The maximum absolute atomic E-state index is 13.0. The predicted molar refractivity (Wildman–Crippen MR) is 109 cm³/mol. The van der Waals surface area contributed by atoms with Crippen LogP contribution in [0.1, 0.15) is 34.7 Å². The van der Waals surface area contributed by atoms with Crippen molar-refractivity contribution in [1.29, 1.82) is 0 Å². The molecule has 2 aromatic heterocycles. The molecule has 1 fully saturated rings. The molecule has 0 bridgehead atoms. The number of benzene rings is 1. The number of carbonyl (C=O) groups excluding carboxylic acids is 1. The highest BCUT2D eigenvalue weighted by Crippen LogP contribution is 2.24. The number of amides is 1. The lowest BCUT2D eigenvalue weighted by Gasteiger charge is -2.31. The molecule has 1 saturated heterocycles. The normalized spacial score (nSPS) is 15.6. The van der Waals surface area contributed by atoms with Crippen molar-refractivity contribution in [1.82, 2.24) is 14.7 Å². The van der Waals surface area contributed by atoms with Gasteiger partial charge >= 0.3 is 0 Å². The quantitative estimate of drug-likeness (QED) is 0.642. The second kappa shape index (κ2) is 7.87. The predicted octanol–water partition coefficient (Wildman–Crippen LogP) is 2.99. The molecular weight excluding hydrogens is 390 g/mol. The number of piperidine rings is 1. The fourth-order valence-corrected chi connectivity index (χ4v) is 5.47. The van der Waals surface area contributed by atoms with Crippen LogP contribution < -0.4 is 0 Å². The van der Waals surface area contributed by atoms with Gasteiger partial charge in [-0.2, -0.15) is 5.10 Å². The number of hydrogen-bond acceptors (Lipinski definition) is 5. The summed E-state index contributed by atoms with van der Waals surface area (Å²) in [6.45, 7) is 2.70. The van der Waals surface area contributed by atoms with Crippen molar-refractivity contribution < 1.29 is 17.6 Å². The molecule has 0 aliphatic carbocycles. The van der Waals surface area contributed by atoms with Crippen LogP contribution in [-0.4, -0.2) is 47.3 Å². The van der Waals surface area contributed by atoms with Crippen LogP contribution in [-0.2, 0) is 15.6 Å². The first-order valence-electron chi connectivity index (χ1n) is 9.59. The van der Waals surface area contributed by atoms with Crippen molar-refractivity contribution >= 4 is 15.7 Å². The Kier molecular flexibility index (Phi) is 5.27. The van der Waals surface area contributed by atoms with Gasteiger partial charge in [-0.05, 0) is 44.0 Å². The van der Waals surface area contributed by atoms with E-state index in [9.17, 15) is 13.2 Å². The zero-order valence-electron chi connectivity index (χ0n) is 16.2. The van der Waals surface area contributed by atoms with Gasteiger partial charge in [-0.3, -0.25) is 4.79 Å². The number of likely N-dealkylation sites (tertiary alicyclic amines) is 1. The topological polar surface area (TPSA) is 85.4 Å². The minimum absolute atomic E-state index is 0.0957. The highest BCUT2D eigenvalue weighted by atomic mass is 32.2. The van der Waals surface area contributed by atoms with E-state index in [2.05, 4.69) is 5.10 Å². The molecule has 0 N–H and O–H groups in total. The lowest BCUT2D eigenvalue weighted by atomic mass is 10.1. The first-order chi connectivity index (χ1) is 14.0. The molecule has 1 aliphatic heterocycles. The number of hydrogen-bond donors (Lipinski definition) is 0. The number of nitrogens with zero attached hydrogens (tertiary/aromatic N) is 3.